The van der Waals surface area contributed by atoms with Gasteiger partial charge in [0, 0.05) is 10.0 Å². The van der Waals surface area contributed by atoms with Crippen molar-refractivity contribution in [1.82, 2.24) is 9.97 Å². The van der Waals surface area contributed by atoms with E-state index in [9.17, 15) is 0 Å². The number of aromatic nitrogens is 2. The Balaban J connectivity index is 2.22. The monoisotopic (exact) mass is 321 g/mol. The summed E-state index contributed by atoms with van der Waals surface area (Å²) in [5.74, 6) is 0.725. The predicted octanol–water partition coefficient (Wildman–Crippen LogP) is 4.23. The molecular weight excluding hydrogens is 314 g/mol. The number of nitrogens with zero attached hydrogens (tertiary/aromatic N) is 1. The second-order valence-corrected chi connectivity index (χ2v) is 5.27. The third-order valence-corrected chi connectivity index (χ3v) is 3.57. The van der Waals surface area contributed by atoms with Crippen LogP contribution in [0.2, 0.25) is 5.02 Å². The molecule has 2 aromatic carbocycles. The van der Waals surface area contributed by atoms with E-state index < -0.39 is 0 Å². The van der Waals surface area contributed by atoms with Crippen LogP contribution in [0.1, 0.15) is 0 Å². The first-order valence-corrected chi connectivity index (χ1v) is 6.52. The summed E-state index contributed by atoms with van der Waals surface area (Å²) in [6.45, 7) is 0. The van der Waals surface area contributed by atoms with Gasteiger partial charge in [-0.2, -0.15) is 0 Å². The second kappa shape index (κ2) is 4.30. The number of nitrogen functional groups attached to an aromatic ring is 1. The lowest BCUT2D eigenvalue weighted by molar-refractivity contribution is 1.34. The lowest BCUT2D eigenvalue weighted by Crippen LogP contribution is -1.92. The van der Waals surface area contributed by atoms with Crippen LogP contribution in [-0.4, -0.2) is 9.97 Å². The first kappa shape index (κ1) is 11.6. The number of fused-ring (bicyclic) bond motifs is 1. The molecule has 0 saturated carbocycles. The Morgan fingerprint density at radius 3 is 2.89 bits per heavy atom. The lowest BCUT2D eigenvalue weighted by Gasteiger charge is -2.03. The number of rotatable bonds is 1. The molecule has 0 saturated heterocycles. The van der Waals surface area contributed by atoms with Gasteiger partial charge in [-0.15, -0.1) is 0 Å². The minimum absolute atomic E-state index is 0.536. The van der Waals surface area contributed by atoms with Crippen molar-refractivity contribution in [2.45, 2.75) is 0 Å². The molecule has 0 aliphatic carbocycles. The maximum absolute atomic E-state index is 6.01. The summed E-state index contributed by atoms with van der Waals surface area (Å²) in [5, 5.41) is 0.536. The fourth-order valence-corrected chi connectivity index (χ4v) is 2.39. The first-order chi connectivity index (χ1) is 8.65. The molecule has 18 heavy (non-hydrogen) atoms. The van der Waals surface area contributed by atoms with Crippen molar-refractivity contribution in [3.8, 4) is 11.4 Å². The molecule has 5 heteroatoms. The molecular formula is C13H9BrClN3. The van der Waals surface area contributed by atoms with E-state index in [0.29, 0.717) is 10.7 Å². The van der Waals surface area contributed by atoms with Gasteiger partial charge in [-0.1, -0.05) is 33.6 Å². The largest absolute Gasteiger partial charge is 0.397 e. The van der Waals surface area contributed by atoms with Crippen LogP contribution in [-0.2, 0) is 0 Å². The summed E-state index contributed by atoms with van der Waals surface area (Å²) >= 11 is 9.44. The molecule has 1 heterocycles. The standard InChI is InChI=1S/C13H9BrClN3/c14-7-4-5-10-11(6-7)18-13(17-10)8-2-1-3-9(15)12(8)16/h1-6H,16H2,(H,17,18). The minimum atomic E-state index is 0.536. The van der Waals surface area contributed by atoms with Gasteiger partial charge in [-0.25, -0.2) is 4.98 Å². The smallest absolute Gasteiger partial charge is 0.140 e. The molecule has 0 atom stereocenters. The summed E-state index contributed by atoms with van der Waals surface area (Å²) in [5.41, 5.74) is 9.17. The van der Waals surface area contributed by atoms with Crippen molar-refractivity contribution < 1.29 is 0 Å². The van der Waals surface area contributed by atoms with Crippen LogP contribution >= 0.6 is 27.5 Å². The van der Waals surface area contributed by atoms with Gasteiger partial charge >= 0.3 is 0 Å². The van der Waals surface area contributed by atoms with Crippen molar-refractivity contribution in [1.29, 1.82) is 0 Å². The van der Waals surface area contributed by atoms with Crippen molar-refractivity contribution in [3.63, 3.8) is 0 Å². The van der Waals surface area contributed by atoms with E-state index in [1.54, 1.807) is 6.07 Å². The molecule has 0 aliphatic heterocycles. The Labute approximate surface area is 117 Å². The normalized spacial score (nSPS) is 11.0. The number of imidazole rings is 1. The number of H-pyrrole nitrogens is 1. The molecule has 0 spiro atoms. The van der Waals surface area contributed by atoms with Gasteiger partial charge in [-0.3, -0.25) is 0 Å². The number of nitrogens with two attached hydrogens (primary N) is 1. The van der Waals surface area contributed by atoms with Gasteiger partial charge < -0.3 is 10.7 Å². The third kappa shape index (κ3) is 1.87. The van der Waals surface area contributed by atoms with Crippen LogP contribution in [0.15, 0.2) is 40.9 Å². The van der Waals surface area contributed by atoms with Crippen molar-refractivity contribution in [2.75, 3.05) is 5.73 Å². The van der Waals surface area contributed by atoms with Gasteiger partial charge in [0.25, 0.3) is 0 Å². The van der Waals surface area contributed by atoms with Crippen molar-refractivity contribution in [2.24, 2.45) is 0 Å². The van der Waals surface area contributed by atoms with Gasteiger partial charge in [0.15, 0.2) is 0 Å². The van der Waals surface area contributed by atoms with E-state index in [1.807, 2.05) is 30.3 Å². The number of benzene rings is 2. The SMILES string of the molecule is Nc1c(Cl)cccc1-c1nc2ccc(Br)cc2[nH]1. The van der Waals surface area contributed by atoms with Crippen LogP contribution < -0.4 is 5.73 Å². The fourth-order valence-electron chi connectivity index (χ4n) is 1.85. The molecule has 3 rings (SSSR count). The predicted molar refractivity (Wildman–Crippen MR) is 78.7 cm³/mol. The number of halogens is 2. The molecule has 3 aromatic rings. The van der Waals surface area contributed by atoms with Gasteiger partial charge in [0.2, 0.25) is 0 Å². The summed E-state index contributed by atoms with van der Waals surface area (Å²) in [4.78, 5) is 7.75. The summed E-state index contributed by atoms with van der Waals surface area (Å²) in [7, 11) is 0. The van der Waals surface area contributed by atoms with Crippen LogP contribution in [0.5, 0.6) is 0 Å². The highest BCUT2D eigenvalue weighted by atomic mass is 79.9. The Morgan fingerprint density at radius 2 is 2.06 bits per heavy atom. The maximum Gasteiger partial charge on any atom is 0.140 e. The van der Waals surface area contributed by atoms with Crippen molar-refractivity contribution in [3.05, 3.63) is 45.9 Å². The average molecular weight is 323 g/mol. The highest BCUT2D eigenvalue weighted by Crippen LogP contribution is 2.31. The van der Waals surface area contributed by atoms with E-state index in [0.717, 1.165) is 26.9 Å². The fraction of sp³-hybridized carbons (Fsp3) is 0. The van der Waals surface area contributed by atoms with Crippen LogP contribution in [0.4, 0.5) is 5.69 Å². The van der Waals surface area contributed by atoms with E-state index in [4.69, 9.17) is 17.3 Å². The molecule has 3 N–H and O–H groups in total. The number of hydrogen-bond donors (Lipinski definition) is 2. The molecule has 90 valence electrons. The second-order valence-electron chi connectivity index (χ2n) is 3.95. The Hall–Kier alpha value is -1.52. The minimum Gasteiger partial charge on any atom is -0.397 e. The topological polar surface area (TPSA) is 54.7 Å². The number of nitrogens with one attached hydrogen (secondary N) is 1. The number of para-hydroxylation sites is 1. The zero-order chi connectivity index (χ0) is 12.7. The number of anilines is 1. The van der Waals surface area contributed by atoms with Gasteiger partial charge in [0.1, 0.15) is 5.82 Å². The summed E-state index contributed by atoms with van der Waals surface area (Å²) < 4.78 is 1.00. The van der Waals surface area contributed by atoms with Crippen LogP contribution in [0, 0.1) is 0 Å². The molecule has 0 radical (unpaired) electrons. The molecule has 0 fully saturated rings. The molecule has 0 unspecified atom stereocenters. The molecule has 1 aromatic heterocycles. The van der Waals surface area contributed by atoms with Crippen molar-refractivity contribution >= 4 is 44.3 Å². The Kier molecular flexibility index (Phi) is 2.76. The molecule has 0 bridgehead atoms. The average Bonchev–Trinajstić information content (AvgIpc) is 2.75. The van der Waals surface area contributed by atoms with E-state index in [1.165, 1.54) is 0 Å². The van der Waals surface area contributed by atoms with Gasteiger partial charge in [-0.05, 0) is 30.3 Å². The summed E-state index contributed by atoms with van der Waals surface area (Å²) in [6, 6.07) is 11.4. The molecule has 0 aliphatic rings. The lowest BCUT2D eigenvalue weighted by atomic mass is 10.2. The number of aromatic amines is 1. The van der Waals surface area contributed by atoms with Crippen LogP contribution in [0.3, 0.4) is 0 Å². The first-order valence-electron chi connectivity index (χ1n) is 5.35. The van der Waals surface area contributed by atoms with Crippen LogP contribution in [0.25, 0.3) is 22.4 Å². The quantitative estimate of drug-likeness (QED) is 0.659. The van der Waals surface area contributed by atoms with E-state index in [2.05, 4.69) is 25.9 Å². The highest BCUT2D eigenvalue weighted by Gasteiger charge is 2.10. The highest BCUT2D eigenvalue weighted by molar-refractivity contribution is 9.10. The van der Waals surface area contributed by atoms with E-state index >= 15 is 0 Å². The Bertz CT molecular complexity index is 736. The Morgan fingerprint density at radius 1 is 1.22 bits per heavy atom. The van der Waals surface area contributed by atoms with Gasteiger partial charge in [0.05, 0.1) is 21.7 Å². The zero-order valence-corrected chi connectivity index (χ0v) is 11.6. The maximum atomic E-state index is 6.01. The number of hydrogen-bond acceptors (Lipinski definition) is 2. The molecule has 3 nitrogen and oxygen atoms in total. The summed E-state index contributed by atoms with van der Waals surface area (Å²) in [6.07, 6.45) is 0. The van der Waals surface area contributed by atoms with E-state index in [-0.39, 0.29) is 0 Å². The molecule has 0 amide bonds. The third-order valence-electron chi connectivity index (χ3n) is 2.75. The zero-order valence-electron chi connectivity index (χ0n) is 9.24.